The molecule has 2 aromatic carbocycles. The average Bonchev–Trinajstić information content (AvgIpc) is 2.81. The zero-order valence-electron chi connectivity index (χ0n) is 18.3. The number of likely N-dealkylation sites (tertiary alicyclic amines) is 1. The summed E-state index contributed by atoms with van der Waals surface area (Å²) in [6.45, 7) is 5.69. The lowest BCUT2D eigenvalue weighted by Gasteiger charge is -2.36. The van der Waals surface area contributed by atoms with Gasteiger partial charge in [0.2, 0.25) is 5.91 Å². The number of piperidine rings is 1. The Morgan fingerprint density at radius 2 is 1.61 bits per heavy atom. The highest BCUT2D eigenvalue weighted by Gasteiger charge is 2.34. The number of nitrogens with zero attached hydrogens (tertiary/aromatic N) is 1. The van der Waals surface area contributed by atoms with Crippen molar-refractivity contribution in [2.45, 2.75) is 39.2 Å². The van der Waals surface area contributed by atoms with E-state index in [1.165, 1.54) is 0 Å². The quantitative estimate of drug-likeness (QED) is 0.721. The van der Waals surface area contributed by atoms with Gasteiger partial charge in [0.05, 0.1) is 0 Å². The number of benzene rings is 2. The molecule has 1 saturated heterocycles. The third kappa shape index (κ3) is 5.94. The van der Waals surface area contributed by atoms with Crippen LogP contribution in [0.3, 0.4) is 0 Å². The molecule has 2 N–H and O–H groups in total. The summed E-state index contributed by atoms with van der Waals surface area (Å²) in [6, 6.07) is 15.9. The predicted octanol–water partition coefficient (Wildman–Crippen LogP) is 3.17. The normalized spacial score (nSPS) is 15.2. The van der Waals surface area contributed by atoms with Crippen LogP contribution in [-0.4, -0.2) is 48.3 Å². The van der Waals surface area contributed by atoms with Crippen LogP contribution >= 0.6 is 0 Å². The second kappa shape index (κ2) is 10.8. The van der Waals surface area contributed by atoms with E-state index in [-0.39, 0.29) is 23.6 Å². The Kier molecular flexibility index (Phi) is 7.82. The fourth-order valence-corrected chi connectivity index (χ4v) is 3.88. The molecular weight excluding hydrogens is 390 g/mol. The first-order chi connectivity index (χ1) is 15.0. The average molecular weight is 422 g/mol. The molecule has 6 heteroatoms. The molecule has 3 amide bonds. The number of nitrogens with one attached hydrogen (secondary N) is 2. The number of rotatable bonds is 7. The van der Waals surface area contributed by atoms with E-state index < -0.39 is 6.04 Å². The molecule has 164 valence electrons. The van der Waals surface area contributed by atoms with Crippen LogP contribution in [0.25, 0.3) is 0 Å². The van der Waals surface area contributed by atoms with Crippen molar-refractivity contribution in [1.82, 2.24) is 15.5 Å². The third-order valence-electron chi connectivity index (χ3n) is 5.75. The van der Waals surface area contributed by atoms with Gasteiger partial charge in [0.1, 0.15) is 6.04 Å². The van der Waals surface area contributed by atoms with Crippen LogP contribution in [0.2, 0.25) is 0 Å². The van der Waals surface area contributed by atoms with E-state index in [1.54, 1.807) is 24.3 Å². The van der Waals surface area contributed by atoms with Crippen molar-refractivity contribution in [1.29, 1.82) is 0 Å². The highest BCUT2D eigenvalue weighted by atomic mass is 16.2. The van der Waals surface area contributed by atoms with Gasteiger partial charge < -0.3 is 15.5 Å². The lowest BCUT2D eigenvalue weighted by atomic mass is 9.88. The van der Waals surface area contributed by atoms with Gasteiger partial charge in [0.15, 0.2) is 0 Å². The fourth-order valence-electron chi connectivity index (χ4n) is 3.88. The van der Waals surface area contributed by atoms with Gasteiger partial charge in [0.25, 0.3) is 11.8 Å². The van der Waals surface area contributed by atoms with Crippen molar-refractivity contribution in [3.63, 3.8) is 0 Å². The van der Waals surface area contributed by atoms with Gasteiger partial charge in [-0.2, -0.15) is 0 Å². The first kappa shape index (κ1) is 22.5. The van der Waals surface area contributed by atoms with Crippen molar-refractivity contribution >= 4 is 17.7 Å². The molecule has 1 aliphatic heterocycles. The van der Waals surface area contributed by atoms with E-state index in [0.717, 1.165) is 12.0 Å². The zero-order valence-corrected chi connectivity index (χ0v) is 18.3. The summed E-state index contributed by atoms with van der Waals surface area (Å²) < 4.78 is 0. The predicted molar refractivity (Wildman–Crippen MR) is 121 cm³/mol. The Morgan fingerprint density at radius 3 is 2.23 bits per heavy atom. The van der Waals surface area contributed by atoms with Gasteiger partial charge in [-0.1, -0.05) is 42.8 Å². The van der Waals surface area contributed by atoms with Gasteiger partial charge in [-0.25, -0.2) is 0 Å². The molecule has 0 aromatic heterocycles. The third-order valence-corrected chi connectivity index (χ3v) is 5.75. The summed E-state index contributed by atoms with van der Waals surface area (Å²) in [5.74, 6) is -0.421. The van der Waals surface area contributed by atoms with E-state index >= 15 is 0 Å². The smallest absolute Gasteiger partial charge is 0.253 e. The molecule has 1 atom stereocenters. The highest BCUT2D eigenvalue weighted by molar-refractivity contribution is 5.97. The Morgan fingerprint density at radius 1 is 0.968 bits per heavy atom. The molecule has 6 nitrogen and oxygen atoms in total. The molecule has 1 aliphatic rings. The van der Waals surface area contributed by atoms with Crippen LogP contribution in [0.15, 0.2) is 54.6 Å². The maximum Gasteiger partial charge on any atom is 0.253 e. The Bertz CT molecular complexity index is 888. The van der Waals surface area contributed by atoms with Crippen LogP contribution in [0, 0.1) is 12.8 Å². The van der Waals surface area contributed by atoms with Crippen LogP contribution in [0.1, 0.15) is 52.5 Å². The van der Waals surface area contributed by atoms with Gasteiger partial charge in [0, 0.05) is 30.8 Å². The molecule has 3 rings (SSSR count). The number of carbonyl (C=O) groups excluding carboxylic acids is 3. The van der Waals surface area contributed by atoms with Gasteiger partial charge in [-0.15, -0.1) is 0 Å². The minimum atomic E-state index is -0.615. The SMILES string of the molecule is CCCNC(=O)C(NC(=O)c1ccccc1)C1CCN(C(=O)c2ccc(C)cc2)CC1. The summed E-state index contributed by atoms with van der Waals surface area (Å²) in [5, 5.41) is 5.86. The molecule has 2 aromatic rings. The van der Waals surface area contributed by atoms with Crippen LogP contribution in [0.5, 0.6) is 0 Å². The molecule has 1 unspecified atom stereocenters. The highest BCUT2D eigenvalue weighted by Crippen LogP contribution is 2.23. The molecule has 1 fully saturated rings. The molecule has 0 bridgehead atoms. The maximum absolute atomic E-state index is 12.8. The van der Waals surface area contributed by atoms with Crippen LogP contribution in [-0.2, 0) is 4.79 Å². The largest absolute Gasteiger partial charge is 0.354 e. The van der Waals surface area contributed by atoms with E-state index in [0.29, 0.717) is 43.6 Å². The molecule has 0 radical (unpaired) electrons. The molecular formula is C25H31N3O3. The second-order valence-electron chi connectivity index (χ2n) is 8.10. The van der Waals surface area contributed by atoms with Gasteiger partial charge in [-0.05, 0) is 56.4 Å². The lowest BCUT2D eigenvalue weighted by molar-refractivity contribution is -0.124. The molecule has 0 saturated carbocycles. The minimum Gasteiger partial charge on any atom is -0.354 e. The van der Waals surface area contributed by atoms with E-state index in [4.69, 9.17) is 0 Å². The van der Waals surface area contributed by atoms with Gasteiger partial charge >= 0.3 is 0 Å². The Labute approximate surface area is 184 Å². The van der Waals surface area contributed by atoms with Crippen molar-refractivity contribution in [3.05, 3.63) is 71.3 Å². The van der Waals surface area contributed by atoms with Crippen molar-refractivity contribution in [3.8, 4) is 0 Å². The zero-order chi connectivity index (χ0) is 22.2. The Balaban J connectivity index is 1.66. The van der Waals surface area contributed by atoms with E-state index in [1.807, 2.05) is 49.1 Å². The first-order valence-corrected chi connectivity index (χ1v) is 11.0. The number of hydrogen-bond acceptors (Lipinski definition) is 3. The Hall–Kier alpha value is -3.15. The number of carbonyl (C=O) groups is 3. The minimum absolute atomic E-state index is 0.0127. The summed E-state index contributed by atoms with van der Waals surface area (Å²) in [4.78, 5) is 40.2. The summed E-state index contributed by atoms with van der Waals surface area (Å²) in [7, 11) is 0. The van der Waals surface area contributed by atoms with Gasteiger partial charge in [-0.3, -0.25) is 14.4 Å². The second-order valence-corrected chi connectivity index (χ2v) is 8.10. The summed E-state index contributed by atoms with van der Waals surface area (Å²) in [6.07, 6.45) is 2.16. The molecule has 0 spiro atoms. The monoisotopic (exact) mass is 421 g/mol. The van der Waals surface area contributed by atoms with Crippen LogP contribution in [0.4, 0.5) is 0 Å². The molecule has 31 heavy (non-hydrogen) atoms. The summed E-state index contributed by atoms with van der Waals surface area (Å²) >= 11 is 0. The van der Waals surface area contributed by atoms with Crippen LogP contribution < -0.4 is 10.6 Å². The van der Waals surface area contributed by atoms with Crippen molar-refractivity contribution in [2.75, 3.05) is 19.6 Å². The van der Waals surface area contributed by atoms with E-state index in [9.17, 15) is 14.4 Å². The fraction of sp³-hybridized carbons (Fsp3) is 0.400. The standard InChI is InChI=1S/C25H31N3O3/c1-3-15-26-24(30)22(27-23(29)20-7-5-4-6-8-20)19-13-16-28(17-14-19)25(31)21-11-9-18(2)10-12-21/h4-12,19,22H,3,13-17H2,1-2H3,(H,26,30)(H,27,29). The van der Waals surface area contributed by atoms with Crippen molar-refractivity contribution < 1.29 is 14.4 Å². The van der Waals surface area contributed by atoms with E-state index in [2.05, 4.69) is 10.6 Å². The maximum atomic E-state index is 12.8. The summed E-state index contributed by atoms with van der Waals surface area (Å²) in [5.41, 5.74) is 2.33. The van der Waals surface area contributed by atoms with Crippen molar-refractivity contribution in [2.24, 2.45) is 5.92 Å². The number of amides is 3. The number of aryl methyl sites for hydroxylation is 1. The lowest BCUT2D eigenvalue weighted by Crippen LogP contribution is -2.54. The number of hydrogen-bond donors (Lipinski definition) is 2. The topological polar surface area (TPSA) is 78.5 Å². The molecule has 1 heterocycles. The molecule has 0 aliphatic carbocycles. The first-order valence-electron chi connectivity index (χ1n) is 11.0.